The van der Waals surface area contributed by atoms with Gasteiger partial charge in [0.15, 0.2) is 0 Å². The van der Waals surface area contributed by atoms with Crippen LogP contribution >= 0.6 is 0 Å². The number of carboxylic acids is 1. The summed E-state index contributed by atoms with van der Waals surface area (Å²) in [4.78, 5) is 11.2. The van der Waals surface area contributed by atoms with Crippen molar-refractivity contribution >= 4 is 16.9 Å². The van der Waals surface area contributed by atoms with Gasteiger partial charge in [-0.3, -0.25) is 0 Å². The molecule has 1 N–H and O–H groups in total. The summed E-state index contributed by atoms with van der Waals surface area (Å²) in [5, 5.41) is 10.1. The molecule has 1 aromatic carbocycles. The summed E-state index contributed by atoms with van der Waals surface area (Å²) in [6, 6.07) is 7.35. The van der Waals surface area contributed by atoms with Crippen molar-refractivity contribution in [3.05, 3.63) is 30.0 Å². The van der Waals surface area contributed by atoms with Crippen molar-refractivity contribution in [3.63, 3.8) is 0 Å². The van der Waals surface area contributed by atoms with Crippen LogP contribution in [0.1, 0.15) is 30.4 Å². The number of methoxy groups -OCH3 is 1. The van der Waals surface area contributed by atoms with Crippen LogP contribution in [0.4, 0.5) is 0 Å². The van der Waals surface area contributed by atoms with Gasteiger partial charge in [0.05, 0.1) is 12.6 Å². The molecule has 0 aliphatic rings. The Morgan fingerprint density at radius 1 is 1.35 bits per heavy atom. The zero-order valence-corrected chi connectivity index (χ0v) is 10.1. The number of carboxylic acid groups (broad SMARTS) is 1. The molecule has 0 fully saturated rings. The molecular formula is C13H15NO3. The standard InChI is InChI=1S/C13H15NO3/c1-8(2)14-11-7-10(17-3)5-4-9(11)6-12(14)13(15)16/h4-8H,1-3H3,(H,15,16). The Kier molecular flexibility index (Phi) is 2.79. The summed E-state index contributed by atoms with van der Waals surface area (Å²) in [6.45, 7) is 3.93. The van der Waals surface area contributed by atoms with E-state index < -0.39 is 5.97 Å². The minimum Gasteiger partial charge on any atom is -0.497 e. The topological polar surface area (TPSA) is 51.5 Å². The molecule has 0 bridgehead atoms. The van der Waals surface area contributed by atoms with Crippen LogP contribution in [-0.4, -0.2) is 22.8 Å². The van der Waals surface area contributed by atoms with Crippen molar-refractivity contribution in [1.29, 1.82) is 0 Å². The van der Waals surface area contributed by atoms with Crippen molar-refractivity contribution in [2.75, 3.05) is 7.11 Å². The average molecular weight is 233 g/mol. The maximum Gasteiger partial charge on any atom is 0.352 e. The van der Waals surface area contributed by atoms with E-state index in [1.54, 1.807) is 17.7 Å². The number of aromatic carboxylic acids is 1. The lowest BCUT2D eigenvalue weighted by molar-refractivity contribution is 0.0684. The molecule has 1 heterocycles. The summed E-state index contributed by atoms with van der Waals surface area (Å²) in [7, 11) is 1.60. The molecule has 0 aliphatic carbocycles. The molecule has 0 saturated heterocycles. The van der Waals surface area contributed by atoms with Gasteiger partial charge in [0.25, 0.3) is 0 Å². The number of rotatable bonds is 3. The van der Waals surface area contributed by atoms with E-state index in [2.05, 4.69) is 0 Å². The van der Waals surface area contributed by atoms with Gasteiger partial charge in [0.1, 0.15) is 11.4 Å². The predicted octanol–water partition coefficient (Wildman–Crippen LogP) is 2.93. The van der Waals surface area contributed by atoms with Crippen LogP contribution < -0.4 is 4.74 Å². The van der Waals surface area contributed by atoms with Gasteiger partial charge in [0, 0.05) is 17.5 Å². The quantitative estimate of drug-likeness (QED) is 0.886. The first-order valence-electron chi connectivity index (χ1n) is 5.47. The van der Waals surface area contributed by atoms with E-state index in [0.29, 0.717) is 5.69 Å². The Balaban J connectivity index is 2.77. The molecule has 17 heavy (non-hydrogen) atoms. The summed E-state index contributed by atoms with van der Waals surface area (Å²) in [6.07, 6.45) is 0. The number of carbonyl (C=O) groups is 1. The van der Waals surface area contributed by atoms with Crippen LogP contribution in [0.3, 0.4) is 0 Å². The van der Waals surface area contributed by atoms with Gasteiger partial charge in [-0.05, 0) is 32.0 Å². The lowest BCUT2D eigenvalue weighted by Gasteiger charge is -2.12. The number of hydrogen-bond donors (Lipinski definition) is 1. The Hall–Kier alpha value is -1.97. The van der Waals surface area contributed by atoms with Gasteiger partial charge in [-0.2, -0.15) is 0 Å². The molecule has 0 atom stereocenters. The minimum atomic E-state index is -0.908. The van der Waals surface area contributed by atoms with Gasteiger partial charge in [-0.25, -0.2) is 4.79 Å². The summed E-state index contributed by atoms with van der Waals surface area (Å²) in [5.41, 5.74) is 1.19. The highest BCUT2D eigenvalue weighted by Crippen LogP contribution is 2.27. The van der Waals surface area contributed by atoms with Crippen LogP contribution in [-0.2, 0) is 0 Å². The highest BCUT2D eigenvalue weighted by atomic mass is 16.5. The minimum absolute atomic E-state index is 0.0886. The van der Waals surface area contributed by atoms with Crippen molar-refractivity contribution in [3.8, 4) is 5.75 Å². The van der Waals surface area contributed by atoms with E-state index in [1.165, 1.54) is 0 Å². The van der Waals surface area contributed by atoms with Crippen molar-refractivity contribution in [2.45, 2.75) is 19.9 Å². The first-order valence-corrected chi connectivity index (χ1v) is 5.47. The Morgan fingerprint density at radius 2 is 2.06 bits per heavy atom. The molecule has 2 aromatic rings. The number of ether oxygens (including phenoxy) is 1. The highest BCUT2D eigenvalue weighted by molar-refractivity contribution is 5.95. The van der Waals surface area contributed by atoms with E-state index >= 15 is 0 Å². The summed E-state index contributed by atoms with van der Waals surface area (Å²) in [5.74, 6) is -0.177. The molecular weight excluding hydrogens is 218 g/mol. The first-order chi connectivity index (χ1) is 8.04. The normalized spacial score (nSPS) is 11.1. The lowest BCUT2D eigenvalue weighted by atomic mass is 10.2. The van der Waals surface area contributed by atoms with Crippen LogP contribution in [0.25, 0.3) is 10.9 Å². The summed E-state index contributed by atoms with van der Waals surface area (Å²) < 4.78 is 6.97. The second-order valence-corrected chi connectivity index (χ2v) is 4.22. The third-order valence-electron chi connectivity index (χ3n) is 2.78. The first kappa shape index (κ1) is 11.5. The van der Waals surface area contributed by atoms with E-state index in [-0.39, 0.29) is 6.04 Å². The third-order valence-corrected chi connectivity index (χ3v) is 2.78. The second-order valence-electron chi connectivity index (χ2n) is 4.22. The Bertz CT molecular complexity index is 569. The van der Waals surface area contributed by atoms with Crippen molar-refractivity contribution in [2.24, 2.45) is 0 Å². The third kappa shape index (κ3) is 1.86. The average Bonchev–Trinajstić information content (AvgIpc) is 2.66. The van der Waals surface area contributed by atoms with E-state index in [1.807, 2.05) is 32.0 Å². The largest absolute Gasteiger partial charge is 0.497 e. The zero-order valence-electron chi connectivity index (χ0n) is 10.1. The predicted molar refractivity (Wildman–Crippen MR) is 65.8 cm³/mol. The van der Waals surface area contributed by atoms with Crippen LogP contribution in [0.5, 0.6) is 5.75 Å². The molecule has 0 unspecified atom stereocenters. The van der Waals surface area contributed by atoms with Crippen LogP contribution in [0, 0.1) is 0 Å². The van der Waals surface area contributed by atoms with E-state index in [4.69, 9.17) is 4.74 Å². The van der Waals surface area contributed by atoms with Gasteiger partial charge < -0.3 is 14.4 Å². The number of benzene rings is 1. The Labute approximate surface area is 99.4 Å². The van der Waals surface area contributed by atoms with Gasteiger partial charge >= 0.3 is 5.97 Å². The van der Waals surface area contributed by atoms with Gasteiger partial charge in [0.2, 0.25) is 0 Å². The highest BCUT2D eigenvalue weighted by Gasteiger charge is 2.16. The number of fused-ring (bicyclic) bond motifs is 1. The van der Waals surface area contributed by atoms with Gasteiger partial charge in [-0.15, -0.1) is 0 Å². The van der Waals surface area contributed by atoms with Crippen molar-refractivity contribution < 1.29 is 14.6 Å². The fourth-order valence-corrected chi connectivity index (χ4v) is 2.05. The molecule has 90 valence electrons. The maximum absolute atomic E-state index is 11.2. The van der Waals surface area contributed by atoms with Crippen molar-refractivity contribution in [1.82, 2.24) is 4.57 Å². The molecule has 4 nitrogen and oxygen atoms in total. The van der Waals surface area contributed by atoms with Crippen LogP contribution in [0.15, 0.2) is 24.3 Å². The fraction of sp³-hybridized carbons (Fsp3) is 0.308. The molecule has 1 aromatic heterocycles. The Morgan fingerprint density at radius 3 is 2.59 bits per heavy atom. The lowest BCUT2D eigenvalue weighted by Crippen LogP contribution is -2.10. The number of hydrogen-bond acceptors (Lipinski definition) is 2. The van der Waals surface area contributed by atoms with Crippen LogP contribution in [0.2, 0.25) is 0 Å². The molecule has 0 saturated carbocycles. The van der Waals surface area contributed by atoms with Gasteiger partial charge in [-0.1, -0.05) is 0 Å². The summed E-state index contributed by atoms with van der Waals surface area (Å²) >= 11 is 0. The van der Waals surface area contributed by atoms with E-state index in [0.717, 1.165) is 16.7 Å². The number of nitrogens with zero attached hydrogens (tertiary/aromatic N) is 1. The second kappa shape index (κ2) is 4.13. The molecule has 2 rings (SSSR count). The molecule has 4 heteroatoms. The van der Waals surface area contributed by atoms with E-state index in [9.17, 15) is 9.90 Å². The SMILES string of the molecule is COc1ccc2cc(C(=O)O)n(C(C)C)c2c1. The molecule has 0 aliphatic heterocycles. The smallest absolute Gasteiger partial charge is 0.352 e. The molecule has 0 amide bonds. The monoisotopic (exact) mass is 233 g/mol. The zero-order chi connectivity index (χ0) is 12.6. The molecule has 0 radical (unpaired) electrons. The fourth-order valence-electron chi connectivity index (χ4n) is 2.05. The number of aromatic nitrogens is 1. The maximum atomic E-state index is 11.2. The molecule has 0 spiro atoms.